The van der Waals surface area contributed by atoms with Gasteiger partial charge in [-0.25, -0.2) is 0 Å². The Kier molecular flexibility index (Phi) is 8.20. The number of benzene rings is 2. The van der Waals surface area contributed by atoms with E-state index in [1.807, 2.05) is 24.3 Å². The molecule has 0 saturated carbocycles. The van der Waals surface area contributed by atoms with Crippen LogP contribution in [0.4, 0.5) is 5.69 Å². The molecule has 0 aliphatic carbocycles. The normalized spacial score (nSPS) is 21.3. The van der Waals surface area contributed by atoms with Gasteiger partial charge in [0, 0.05) is 35.4 Å². The minimum absolute atomic E-state index is 0.0320. The molecule has 36 heavy (non-hydrogen) atoms. The Labute approximate surface area is 212 Å². The molecular formula is C27H35N3O6. The number of nitrogens with zero attached hydrogens (tertiary/aromatic N) is 1. The molecule has 2 aromatic rings. The van der Waals surface area contributed by atoms with E-state index in [1.54, 1.807) is 19.2 Å². The third kappa shape index (κ3) is 5.67. The highest BCUT2D eigenvalue weighted by atomic mass is 16.5. The average molecular weight is 498 g/mol. The van der Waals surface area contributed by atoms with E-state index in [4.69, 9.17) is 18.9 Å². The molecule has 2 aromatic carbocycles. The molecule has 2 heterocycles. The largest absolute Gasteiger partial charge is 0.497 e. The predicted molar refractivity (Wildman–Crippen MR) is 136 cm³/mol. The van der Waals surface area contributed by atoms with Crippen LogP contribution in [0, 0.1) is 0 Å². The number of ether oxygens (including phenoxy) is 4. The van der Waals surface area contributed by atoms with Crippen molar-refractivity contribution in [2.45, 2.75) is 50.2 Å². The monoisotopic (exact) mass is 497 g/mol. The van der Waals surface area contributed by atoms with E-state index in [1.165, 1.54) is 21.3 Å². The first-order chi connectivity index (χ1) is 17.4. The van der Waals surface area contributed by atoms with Crippen LogP contribution in [0.25, 0.3) is 0 Å². The van der Waals surface area contributed by atoms with Gasteiger partial charge in [-0.3, -0.25) is 14.5 Å². The first-order valence-electron chi connectivity index (χ1n) is 12.3. The summed E-state index contributed by atoms with van der Waals surface area (Å²) in [7, 11) is 6.19. The number of hydrogen-bond donors (Lipinski definition) is 2. The Morgan fingerprint density at radius 1 is 0.917 bits per heavy atom. The second-order valence-electron chi connectivity index (χ2n) is 9.25. The van der Waals surface area contributed by atoms with Gasteiger partial charge >= 0.3 is 0 Å². The van der Waals surface area contributed by atoms with Crippen molar-refractivity contribution < 1.29 is 28.5 Å². The summed E-state index contributed by atoms with van der Waals surface area (Å²) in [6, 6.07) is 11.2. The Bertz CT molecular complexity index is 1050. The Balaban J connectivity index is 1.39. The standard InChI is InChI=1S/C27H35N3O6/c1-33-22-10-5-7-18(15-22)28-25(31)16-30-20-8-6-9-21(30)14-19(13-20)29-27(32)17-11-23(34-2)26(36-4)24(12-17)35-3/h5,7,10-12,15,19-21H,6,8-9,13-14,16H2,1-4H3,(H,28,31)(H,29,32)/t19?,20-,21+. The quantitative estimate of drug-likeness (QED) is 0.547. The molecule has 2 bridgehead atoms. The lowest BCUT2D eigenvalue weighted by atomic mass is 9.81. The summed E-state index contributed by atoms with van der Waals surface area (Å²) >= 11 is 0. The van der Waals surface area contributed by atoms with Gasteiger partial charge in [-0.2, -0.15) is 0 Å². The molecule has 4 rings (SSSR count). The molecule has 0 spiro atoms. The van der Waals surface area contributed by atoms with Gasteiger partial charge in [-0.15, -0.1) is 0 Å². The molecule has 0 aromatic heterocycles. The van der Waals surface area contributed by atoms with E-state index < -0.39 is 0 Å². The van der Waals surface area contributed by atoms with Crippen molar-refractivity contribution >= 4 is 17.5 Å². The Morgan fingerprint density at radius 2 is 1.58 bits per heavy atom. The highest BCUT2D eigenvalue weighted by Crippen LogP contribution is 2.39. The fraction of sp³-hybridized carbons (Fsp3) is 0.481. The zero-order valence-electron chi connectivity index (χ0n) is 21.3. The number of carbonyl (C=O) groups excluding carboxylic acids is 2. The fourth-order valence-electron chi connectivity index (χ4n) is 5.40. The summed E-state index contributed by atoms with van der Waals surface area (Å²) in [6.07, 6.45) is 4.77. The molecule has 3 atom stereocenters. The van der Waals surface area contributed by atoms with Crippen LogP contribution < -0.4 is 29.6 Å². The SMILES string of the molecule is COc1cccc(NC(=O)CN2[C@@H]3CCC[C@H]2CC(NC(=O)c2cc(OC)c(OC)c(OC)c2)C3)c1. The van der Waals surface area contributed by atoms with Gasteiger partial charge in [0.2, 0.25) is 11.7 Å². The second-order valence-corrected chi connectivity index (χ2v) is 9.25. The summed E-state index contributed by atoms with van der Waals surface area (Å²) in [5, 5.41) is 6.18. The molecule has 2 fully saturated rings. The van der Waals surface area contributed by atoms with Gasteiger partial charge in [0.1, 0.15) is 5.75 Å². The summed E-state index contributed by atoms with van der Waals surface area (Å²) in [4.78, 5) is 28.3. The lowest BCUT2D eigenvalue weighted by molar-refractivity contribution is -0.120. The van der Waals surface area contributed by atoms with Crippen LogP contribution in [-0.2, 0) is 4.79 Å². The van der Waals surface area contributed by atoms with Gasteiger partial charge in [0.05, 0.1) is 35.0 Å². The molecule has 2 N–H and O–H groups in total. The number of rotatable bonds is 9. The summed E-state index contributed by atoms with van der Waals surface area (Å²) in [5.41, 5.74) is 1.17. The summed E-state index contributed by atoms with van der Waals surface area (Å²) in [6.45, 7) is 0.333. The first kappa shape index (κ1) is 25.6. The average Bonchev–Trinajstić information content (AvgIpc) is 2.88. The van der Waals surface area contributed by atoms with Crippen molar-refractivity contribution in [3.05, 3.63) is 42.0 Å². The van der Waals surface area contributed by atoms with E-state index in [0.29, 0.717) is 35.1 Å². The van der Waals surface area contributed by atoms with Gasteiger partial charge < -0.3 is 29.6 Å². The molecule has 0 radical (unpaired) electrons. The number of amides is 2. The molecule has 9 heteroatoms. The van der Waals surface area contributed by atoms with Crippen LogP contribution in [0.5, 0.6) is 23.0 Å². The second kappa shape index (κ2) is 11.5. The highest BCUT2D eigenvalue weighted by molar-refractivity contribution is 5.96. The lowest BCUT2D eigenvalue weighted by Crippen LogP contribution is -2.58. The van der Waals surface area contributed by atoms with Crippen molar-refractivity contribution in [2.24, 2.45) is 0 Å². The summed E-state index contributed by atoms with van der Waals surface area (Å²) in [5.74, 6) is 1.81. The van der Waals surface area contributed by atoms with Crippen LogP contribution in [0.1, 0.15) is 42.5 Å². The van der Waals surface area contributed by atoms with Crippen LogP contribution in [0.15, 0.2) is 36.4 Å². The number of methoxy groups -OCH3 is 4. The molecular weight excluding hydrogens is 462 g/mol. The first-order valence-corrected chi connectivity index (χ1v) is 12.3. The van der Waals surface area contributed by atoms with E-state index in [9.17, 15) is 9.59 Å². The minimum Gasteiger partial charge on any atom is -0.497 e. The van der Waals surface area contributed by atoms with Gasteiger partial charge in [-0.1, -0.05) is 12.5 Å². The van der Waals surface area contributed by atoms with E-state index in [2.05, 4.69) is 15.5 Å². The molecule has 2 amide bonds. The maximum atomic E-state index is 13.1. The van der Waals surface area contributed by atoms with E-state index in [0.717, 1.165) is 37.8 Å². The fourth-order valence-corrected chi connectivity index (χ4v) is 5.40. The lowest BCUT2D eigenvalue weighted by Gasteiger charge is -2.48. The third-order valence-corrected chi connectivity index (χ3v) is 7.07. The Morgan fingerprint density at radius 3 is 2.17 bits per heavy atom. The molecule has 194 valence electrons. The molecule has 2 aliphatic heterocycles. The van der Waals surface area contributed by atoms with E-state index >= 15 is 0 Å². The van der Waals surface area contributed by atoms with Crippen molar-refractivity contribution in [2.75, 3.05) is 40.3 Å². The van der Waals surface area contributed by atoms with Crippen molar-refractivity contribution in [1.82, 2.24) is 10.2 Å². The smallest absolute Gasteiger partial charge is 0.251 e. The topological polar surface area (TPSA) is 98.4 Å². The van der Waals surface area contributed by atoms with Crippen LogP contribution >= 0.6 is 0 Å². The van der Waals surface area contributed by atoms with E-state index in [-0.39, 0.29) is 29.9 Å². The number of hydrogen-bond acceptors (Lipinski definition) is 7. The van der Waals surface area contributed by atoms with Crippen LogP contribution in [-0.4, -0.2) is 69.8 Å². The van der Waals surface area contributed by atoms with Gasteiger partial charge in [0.25, 0.3) is 5.91 Å². The number of nitrogens with one attached hydrogen (secondary N) is 2. The highest BCUT2D eigenvalue weighted by Gasteiger charge is 2.39. The zero-order valence-corrected chi connectivity index (χ0v) is 21.3. The number of carbonyl (C=O) groups is 2. The van der Waals surface area contributed by atoms with Gasteiger partial charge in [0.15, 0.2) is 11.5 Å². The van der Waals surface area contributed by atoms with Crippen LogP contribution in [0.3, 0.4) is 0 Å². The predicted octanol–water partition coefficient (Wildman–Crippen LogP) is 3.48. The molecule has 2 saturated heterocycles. The maximum absolute atomic E-state index is 13.1. The molecule has 9 nitrogen and oxygen atoms in total. The Hall–Kier alpha value is -3.46. The molecule has 1 unspecified atom stereocenters. The number of piperidine rings is 2. The van der Waals surface area contributed by atoms with Crippen molar-refractivity contribution in [3.63, 3.8) is 0 Å². The van der Waals surface area contributed by atoms with Crippen molar-refractivity contribution in [3.8, 4) is 23.0 Å². The summed E-state index contributed by atoms with van der Waals surface area (Å²) < 4.78 is 21.4. The van der Waals surface area contributed by atoms with Crippen LogP contribution in [0.2, 0.25) is 0 Å². The third-order valence-electron chi connectivity index (χ3n) is 7.07. The molecule has 2 aliphatic rings. The number of fused-ring (bicyclic) bond motifs is 2. The zero-order chi connectivity index (χ0) is 25.7. The van der Waals surface area contributed by atoms with Gasteiger partial charge in [-0.05, 0) is 49.9 Å². The van der Waals surface area contributed by atoms with Crippen molar-refractivity contribution in [1.29, 1.82) is 0 Å². The minimum atomic E-state index is -0.179. The number of anilines is 1. The maximum Gasteiger partial charge on any atom is 0.251 e.